The van der Waals surface area contributed by atoms with Crippen LogP contribution in [0.5, 0.6) is 5.75 Å². The molecule has 4 aromatic rings. The Morgan fingerprint density at radius 2 is 1.64 bits per heavy atom. The molecule has 0 aliphatic rings. The number of hydrogen-bond donors (Lipinski definition) is 1. The number of carbonyl (C=O) groups excluding carboxylic acids is 2. The van der Waals surface area contributed by atoms with Crippen molar-refractivity contribution in [1.29, 1.82) is 0 Å². The smallest absolute Gasteiger partial charge is 0.347 e. The minimum Gasteiger partial charge on any atom is -0.478 e. The summed E-state index contributed by atoms with van der Waals surface area (Å²) in [6, 6.07) is 19.5. The molecular formula is C35H41ClN2O4. The van der Waals surface area contributed by atoms with Gasteiger partial charge in [0.05, 0.1) is 13.2 Å². The number of benzene rings is 3. The molecule has 42 heavy (non-hydrogen) atoms. The summed E-state index contributed by atoms with van der Waals surface area (Å²) < 4.78 is 13.1. The van der Waals surface area contributed by atoms with Gasteiger partial charge < -0.3 is 19.4 Å². The molecule has 0 aliphatic heterocycles. The topological polar surface area (TPSA) is 69.6 Å². The number of amides is 1. The van der Waals surface area contributed by atoms with Gasteiger partial charge in [0.2, 0.25) is 0 Å². The highest BCUT2D eigenvalue weighted by Gasteiger charge is 2.25. The van der Waals surface area contributed by atoms with Crippen molar-refractivity contribution in [3.8, 4) is 5.75 Å². The second kappa shape index (κ2) is 13.0. The standard InChI is InChI=1S/C35H41ClN2O4/c1-20(2)25-10-9-11-26(16-25)23(6)37-34(39)27-12-15-32-30(18-27)22(5)24(7)38(32)19-28-17-29(13-14-31(28)36)42-33(21(3)4)35(40)41-8/h9-18,20-21,23,33H,19H2,1-8H3,(H,37,39). The fourth-order valence-electron chi connectivity index (χ4n) is 5.18. The van der Waals surface area contributed by atoms with E-state index in [1.807, 2.05) is 51.1 Å². The van der Waals surface area contributed by atoms with E-state index in [-0.39, 0.29) is 17.9 Å². The average Bonchev–Trinajstić information content (AvgIpc) is 3.20. The van der Waals surface area contributed by atoms with E-state index in [2.05, 4.69) is 55.8 Å². The van der Waals surface area contributed by atoms with Gasteiger partial charge in [-0.15, -0.1) is 0 Å². The summed E-state index contributed by atoms with van der Waals surface area (Å²) in [5, 5.41) is 4.78. The Bertz CT molecular complexity index is 1600. The second-order valence-corrected chi connectivity index (χ2v) is 12.0. The maximum Gasteiger partial charge on any atom is 0.347 e. The van der Waals surface area contributed by atoms with Crippen molar-refractivity contribution < 1.29 is 19.1 Å². The summed E-state index contributed by atoms with van der Waals surface area (Å²) in [5.41, 5.74) is 7.01. The number of methoxy groups -OCH3 is 1. The van der Waals surface area contributed by atoms with E-state index in [1.165, 1.54) is 12.7 Å². The molecule has 1 aromatic heterocycles. The van der Waals surface area contributed by atoms with E-state index in [0.717, 1.165) is 33.3 Å². The molecule has 1 N–H and O–H groups in total. The maximum atomic E-state index is 13.3. The molecule has 7 heteroatoms. The number of ether oxygens (including phenoxy) is 2. The van der Waals surface area contributed by atoms with Crippen LogP contribution in [0, 0.1) is 19.8 Å². The predicted octanol–water partition coefficient (Wildman–Crippen LogP) is 8.15. The fourth-order valence-corrected chi connectivity index (χ4v) is 5.36. The third kappa shape index (κ3) is 6.65. The first-order chi connectivity index (χ1) is 19.9. The Morgan fingerprint density at radius 3 is 2.31 bits per heavy atom. The first-order valence-corrected chi connectivity index (χ1v) is 14.8. The largest absolute Gasteiger partial charge is 0.478 e. The zero-order chi connectivity index (χ0) is 30.7. The van der Waals surface area contributed by atoms with E-state index in [4.69, 9.17) is 21.1 Å². The van der Waals surface area contributed by atoms with E-state index in [0.29, 0.717) is 28.8 Å². The molecule has 0 aliphatic carbocycles. The summed E-state index contributed by atoms with van der Waals surface area (Å²) in [5.74, 6) is 0.392. The van der Waals surface area contributed by atoms with Crippen molar-refractivity contribution in [1.82, 2.24) is 9.88 Å². The molecule has 0 saturated carbocycles. The number of halogens is 1. The minimum atomic E-state index is -0.716. The number of aryl methyl sites for hydroxylation is 1. The van der Waals surface area contributed by atoms with Crippen LogP contribution in [0.4, 0.5) is 0 Å². The number of carbonyl (C=O) groups is 2. The number of aromatic nitrogens is 1. The van der Waals surface area contributed by atoms with Crippen molar-refractivity contribution in [2.45, 2.75) is 73.1 Å². The second-order valence-electron chi connectivity index (χ2n) is 11.6. The lowest BCUT2D eigenvalue weighted by Crippen LogP contribution is -2.33. The molecule has 0 fully saturated rings. The lowest BCUT2D eigenvalue weighted by atomic mass is 9.98. The first-order valence-electron chi connectivity index (χ1n) is 14.4. The molecule has 0 bridgehead atoms. The van der Waals surface area contributed by atoms with Crippen LogP contribution in [0.1, 0.15) is 84.9 Å². The van der Waals surface area contributed by atoms with Crippen LogP contribution in [0.25, 0.3) is 10.9 Å². The highest BCUT2D eigenvalue weighted by Crippen LogP contribution is 2.31. The Kier molecular flexibility index (Phi) is 9.67. The Morgan fingerprint density at radius 1 is 0.929 bits per heavy atom. The van der Waals surface area contributed by atoms with Crippen molar-refractivity contribution in [2.75, 3.05) is 7.11 Å². The lowest BCUT2D eigenvalue weighted by molar-refractivity contribution is -0.150. The van der Waals surface area contributed by atoms with E-state index in [9.17, 15) is 9.59 Å². The maximum absolute atomic E-state index is 13.3. The van der Waals surface area contributed by atoms with Crippen molar-refractivity contribution in [2.24, 2.45) is 5.92 Å². The highest BCUT2D eigenvalue weighted by molar-refractivity contribution is 6.31. The van der Waals surface area contributed by atoms with Gasteiger partial charge in [0.25, 0.3) is 5.91 Å². The predicted molar refractivity (Wildman–Crippen MR) is 170 cm³/mol. The van der Waals surface area contributed by atoms with E-state index in [1.54, 1.807) is 12.1 Å². The molecule has 6 nitrogen and oxygen atoms in total. The van der Waals surface area contributed by atoms with Crippen LogP contribution in [-0.2, 0) is 16.1 Å². The number of hydrogen-bond acceptors (Lipinski definition) is 4. The van der Waals surface area contributed by atoms with Crippen molar-refractivity contribution >= 4 is 34.4 Å². The summed E-state index contributed by atoms with van der Waals surface area (Å²) in [7, 11) is 1.36. The number of fused-ring (bicyclic) bond motifs is 1. The van der Waals surface area contributed by atoms with Crippen LogP contribution in [0.2, 0.25) is 5.02 Å². The van der Waals surface area contributed by atoms with Gasteiger partial charge in [-0.05, 0) is 85.3 Å². The van der Waals surface area contributed by atoms with Crippen LogP contribution >= 0.6 is 11.6 Å². The zero-order valence-electron chi connectivity index (χ0n) is 25.7. The quantitative estimate of drug-likeness (QED) is 0.190. The normalized spacial score (nSPS) is 12.9. The van der Waals surface area contributed by atoms with Gasteiger partial charge in [-0.1, -0.05) is 63.6 Å². The van der Waals surface area contributed by atoms with Crippen LogP contribution in [-0.4, -0.2) is 29.7 Å². The van der Waals surface area contributed by atoms with Gasteiger partial charge >= 0.3 is 5.97 Å². The van der Waals surface area contributed by atoms with Gasteiger partial charge in [0, 0.05) is 39.6 Å². The molecule has 2 atom stereocenters. The van der Waals surface area contributed by atoms with E-state index >= 15 is 0 Å². The van der Waals surface area contributed by atoms with Crippen LogP contribution < -0.4 is 10.1 Å². The van der Waals surface area contributed by atoms with Gasteiger partial charge in [-0.2, -0.15) is 0 Å². The van der Waals surface area contributed by atoms with Gasteiger partial charge in [-0.25, -0.2) is 4.79 Å². The number of esters is 1. The summed E-state index contributed by atoms with van der Waals surface area (Å²) in [6.45, 7) is 14.8. The average molecular weight is 589 g/mol. The number of rotatable bonds is 10. The molecule has 1 amide bonds. The molecule has 0 saturated heterocycles. The van der Waals surface area contributed by atoms with Crippen LogP contribution in [0.3, 0.4) is 0 Å². The Labute approximate surface area is 254 Å². The van der Waals surface area contributed by atoms with Crippen LogP contribution in [0.15, 0.2) is 60.7 Å². The molecule has 4 rings (SSSR count). The Balaban J connectivity index is 1.59. The molecular weight excluding hydrogens is 548 g/mol. The first kappa shape index (κ1) is 31.2. The molecule has 0 spiro atoms. The van der Waals surface area contributed by atoms with Gasteiger partial charge in [0.15, 0.2) is 6.10 Å². The monoisotopic (exact) mass is 588 g/mol. The molecule has 0 radical (unpaired) electrons. The summed E-state index contributed by atoms with van der Waals surface area (Å²) in [4.78, 5) is 25.5. The summed E-state index contributed by atoms with van der Waals surface area (Å²) >= 11 is 6.62. The Hall–Kier alpha value is -3.77. The van der Waals surface area contributed by atoms with Crippen molar-refractivity contribution in [3.05, 3.63) is 99.2 Å². The third-order valence-corrected chi connectivity index (χ3v) is 8.34. The van der Waals surface area contributed by atoms with Gasteiger partial charge in [0.1, 0.15) is 5.75 Å². The highest BCUT2D eigenvalue weighted by atomic mass is 35.5. The lowest BCUT2D eigenvalue weighted by Gasteiger charge is -2.21. The zero-order valence-corrected chi connectivity index (χ0v) is 26.5. The summed E-state index contributed by atoms with van der Waals surface area (Å²) in [6.07, 6.45) is -0.716. The molecule has 222 valence electrons. The molecule has 3 aromatic carbocycles. The van der Waals surface area contributed by atoms with Gasteiger partial charge in [-0.3, -0.25) is 4.79 Å². The SMILES string of the molecule is COC(=O)C(Oc1ccc(Cl)c(Cn2c(C)c(C)c3cc(C(=O)NC(C)c4cccc(C(C)C)c4)ccc32)c1)C(C)C. The molecule has 2 unspecified atom stereocenters. The number of nitrogens with one attached hydrogen (secondary N) is 1. The minimum absolute atomic E-state index is 0.0607. The van der Waals surface area contributed by atoms with E-state index < -0.39 is 12.1 Å². The number of nitrogens with zero attached hydrogens (tertiary/aromatic N) is 1. The third-order valence-electron chi connectivity index (χ3n) is 7.97. The fraction of sp³-hybridized carbons (Fsp3) is 0.371. The van der Waals surface area contributed by atoms with Crippen molar-refractivity contribution in [3.63, 3.8) is 0 Å². The molecule has 1 heterocycles.